The molecule has 0 spiro atoms. The molecule has 192 valence electrons. The molecule has 2 aliphatic rings. The highest BCUT2D eigenvalue weighted by atomic mass is 16.2. The Labute approximate surface area is 214 Å². The van der Waals surface area contributed by atoms with Crippen LogP contribution >= 0.6 is 0 Å². The number of carbonyl (C=O) groups is 3. The van der Waals surface area contributed by atoms with Crippen LogP contribution in [0, 0.1) is 19.8 Å². The van der Waals surface area contributed by atoms with E-state index in [-0.39, 0.29) is 23.8 Å². The van der Waals surface area contributed by atoms with Crippen LogP contribution in [0.5, 0.6) is 0 Å². The van der Waals surface area contributed by atoms with Crippen LogP contribution in [0.25, 0.3) is 0 Å². The first kappa shape index (κ1) is 25.9. The van der Waals surface area contributed by atoms with E-state index in [2.05, 4.69) is 17.4 Å². The predicted octanol–water partition coefficient (Wildman–Crippen LogP) is 3.64. The summed E-state index contributed by atoms with van der Waals surface area (Å²) in [6, 6.07) is 15.6. The number of nitrogens with one attached hydrogen (secondary N) is 1. The molecule has 2 aliphatic heterocycles. The largest absolute Gasteiger partial charge is 0.339 e. The number of piperidine rings is 1. The Morgan fingerprint density at radius 3 is 2.36 bits per heavy atom. The Morgan fingerprint density at radius 2 is 1.72 bits per heavy atom. The molecule has 0 radical (unpaired) electrons. The van der Waals surface area contributed by atoms with Crippen molar-refractivity contribution in [2.24, 2.45) is 5.92 Å². The fraction of sp³-hybridized carbons (Fsp3) is 0.483. The lowest BCUT2D eigenvalue weighted by Crippen LogP contribution is -2.57. The highest BCUT2D eigenvalue weighted by Gasteiger charge is 2.55. The highest BCUT2D eigenvalue weighted by molar-refractivity contribution is 6.07. The Balaban J connectivity index is 1.51. The van der Waals surface area contributed by atoms with E-state index >= 15 is 0 Å². The van der Waals surface area contributed by atoms with Crippen LogP contribution < -0.4 is 5.32 Å². The minimum atomic E-state index is -0.936. The van der Waals surface area contributed by atoms with Crippen LogP contribution in [0.4, 0.5) is 4.79 Å². The molecular formula is C29H38N4O3. The Morgan fingerprint density at radius 1 is 1.03 bits per heavy atom. The summed E-state index contributed by atoms with van der Waals surface area (Å²) in [7, 11) is 3.87. The van der Waals surface area contributed by atoms with Gasteiger partial charge in [-0.15, -0.1) is 0 Å². The van der Waals surface area contributed by atoms with Gasteiger partial charge in [0.25, 0.3) is 11.8 Å². The van der Waals surface area contributed by atoms with E-state index in [1.165, 1.54) is 10.5 Å². The third-order valence-corrected chi connectivity index (χ3v) is 7.86. The van der Waals surface area contributed by atoms with Gasteiger partial charge in [0.15, 0.2) is 0 Å². The van der Waals surface area contributed by atoms with Crippen molar-refractivity contribution >= 4 is 17.8 Å². The van der Waals surface area contributed by atoms with Gasteiger partial charge in [-0.05, 0) is 88.4 Å². The zero-order chi connectivity index (χ0) is 25.9. The quantitative estimate of drug-likeness (QED) is 0.574. The van der Waals surface area contributed by atoms with E-state index in [1.807, 2.05) is 74.1 Å². The molecule has 2 aromatic rings. The average Bonchev–Trinajstić information content (AvgIpc) is 3.12. The number of urea groups is 1. The van der Waals surface area contributed by atoms with Crippen molar-refractivity contribution in [3.05, 3.63) is 70.8 Å². The van der Waals surface area contributed by atoms with Crippen LogP contribution in [0.3, 0.4) is 0 Å². The molecule has 0 unspecified atom stereocenters. The molecule has 2 aromatic carbocycles. The molecule has 7 heteroatoms. The normalized spacial score (nSPS) is 20.8. The van der Waals surface area contributed by atoms with Gasteiger partial charge >= 0.3 is 6.03 Å². The summed E-state index contributed by atoms with van der Waals surface area (Å²) >= 11 is 0. The van der Waals surface area contributed by atoms with Gasteiger partial charge in [0.1, 0.15) is 5.54 Å². The topological polar surface area (TPSA) is 73.0 Å². The van der Waals surface area contributed by atoms with Crippen molar-refractivity contribution in [2.75, 3.05) is 40.3 Å². The number of carbonyl (C=O) groups excluding carboxylic acids is 3. The maximum atomic E-state index is 13.8. The smallest absolute Gasteiger partial charge is 0.325 e. The minimum absolute atomic E-state index is 0.0224. The second kappa shape index (κ2) is 10.8. The SMILES string of the molecule is Cc1ccc(C(=O)N2CCC([C@@]3(CCc4ccccc4)NC(=O)N(CCN(C)C)C3=O)CC2)cc1C. The zero-order valence-electron chi connectivity index (χ0n) is 21.9. The van der Waals surface area contributed by atoms with Gasteiger partial charge < -0.3 is 15.1 Å². The monoisotopic (exact) mass is 490 g/mol. The molecule has 0 bridgehead atoms. The number of imide groups is 1. The number of nitrogens with zero attached hydrogens (tertiary/aromatic N) is 3. The molecule has 36 heavy (non-hydrogen) atoms. The molecular weight excluding hydrogens is 452 g/mol. The van der Waals surface area contributed by atoms with Crippen molar-refractivity contribution in [2.45, 2.75) is 45.1 Å². The van der Waals surface area contributed by atoms with Crippen molar-refractivity contribution in [1.29, 1.82) is 0 Å². The number of amides is 4. The number of hydrogen-bond acceptors (Lipinski definition) is 4. The molecule has 2 heterocycles. The first-order valence-corrected chi connectivity index (χ1v) is 12.9. The fourth-order valence-corrected chi connectivity index (χ4v) is 5.42. The van der Waals surface area contributed by atoms with E-state index in [0.29, 0.717) is 57.4 Å². The van der Waals surface area contributed by atoms with Gasteiger partial charge in [-0.1, -0.05) is 36.4 Å². The molecule has 0 aromatic heterocycles. The van der Waals surface area contributed by atoms with Gasteiger partial charge in [-0.3, -0.25) is 14.5 Å². The summed E-state index contributed by atoms with van der Waals surface area (Å²) in [5.74, 6) is -0.112. The summed E-state index contributed by atoms with van der Waals surface area (Å²) < 4.78 is 0. The van der Waals surface area contributed by atoms with Crippen LogP contribution in [0.2, 0.25) is 0 Å². The van der Waals surface area contributed by atoms with E-state index in [9.17, 15) is 14.4 Å². The lowest BCUT2D eigenvalue weighted by molar-refractivity contribution is -0.134. The highest BCUT2D eigenvalue weighted by Crippen LogP contribution is 2.37. The molecule has 1 N–H and O–H groups in total. The number of benzene rings is 2. The summed E-state index contributed by atoms with van der Waals surface area (Å²) in [5.41, 5.74) is 3.19. The Kier molecular flexibility index (Phi) is 7.79. The molecule has 0 aliphatic carbocycles. The van der Waals surface area contributed by atoms with E-state index in [1.54, 1.807) is 0 Å². The van der Waals surface area contributed by atoms with Crippen molar-refractivity contribution in [1.82, 2.24) is 20.0 Å². The second-order valence-electron chi connectivity index (χ2n) is 10.5. The molecule has 4 amide bonds. The maximum absolute atomic E-state index is 13.8. The predicted molar refractivity (Wildman–Crippen MR) is 141 cm³/mol. The molecule has 2 saturated heterocycles. The summed E-state index contributed by atoms with van der Waals surface area (Å²) in [6.45, 7) is 6.20. The minimum Gasteiger partial charge on any atom is -0.339 e. The standard InChI is InChI=1S/C29H38N4O3/c1-21-10-11-24(20-22(21)2)26(34)32-16-13-25(14-17-32)29(15-12-23-8-6-5-7-9-23)27(35)33(28(36)30-29)19-18-31(3)4/h5-11,20,25H,12-19H2,1-4H3,(H,30,36)/t29-/m1/s1. The van der Waals surface area contributed by atoms with Crippen LogP contribution in [-0.4, -0.2) is 78.4 Å². The summed E-state index contributed by atoms with van der Waals surface area (Å²) in [4.78, 5) is 45.2. The second-order valence-corrected chi connectivity index (χ2v) is 10.5. The molecule has 4 rings (SSSR count). The Hall–Kier alpha value is -3.19. The van der Waals surface area contributed by atoms with E-state index in [0.717, 1.165) is 11.1 Å². The number of aryl methyl sites for hydroxylation is 3. The van der Waals surface area contributed by atoms with E-state index in [4.69, 9.17) is 0 Å². The first-order chi connectivity index (χ1) is 17.2. The van der Waals surface area contributed by atoms with Gasteiger partial charge in [0, 0.05) is 31.7 Å². The lowest BCUT2D eigenvalue weighted by atomic mass is 9.74. The van der Waals surface area contributed by atoms with Crippen molar-refractivity contribution in [3.63, 3.8) is 0 Å². The average molecular weight is 491 g/mol. The van der Waals surface area contributed by atoms with E-state index < -0.39 is 5.54 Å². The van der Waals surface area contributed by atoms with Gasteiger partial charge in [-0.2, -0.15) is 0 Å². The number of hydrogen-bond donors (Lipinski definition) is 1. The first-order valence-electron chi connectivity index (χ1n) is 12.9. The third-order valence-electron chi connectivity index (χ3n) is 7.86. The third kappa shape index (κ3) is 5.31. The van der Waals surface area contributed by atoms with Crippen LogP contribution in [0.15, 0.2) is 48.5 Å². The van der Waals surface area contributed by atoms with Crippen molar-refractivity contribution in [3.8, 4) is 0 Å². The van der Waals surface area contributed by atoms with Gasteiger partial charge in [0.05, 0.1) is 0 Å². The zero-order valence-corrected chi connectivity index (χ0v) is 21.9. The molecule has 0 saturated carbocycles. The Bertz CT molecular complexity index is 1110. The lowest BCUT2D eigenvalue weighted by Gasteiger charge is -2.41. The van der Waals surface area contributed by atoms with Crippen LogP contribution in [0.1, 0.15) is 46.3 Å². The maximum Gasteiger partial charge on any atom is 0.325 e. The van der Waals surface area contributed by atoms with Crippen LogP contribution in [-0.2, 0) is 11.2 Å². The van der Waals surface area contributed by atoms with Crippen molar-refractivity contribution < 1.29 is 14.4 Å². The number of rotatable bonds is 8. The van der Waals surface area contributed by atoms with Gasteiger partial charge in [0.2, 0.25) is 0 Å². The van der Waals surface area contributed by atoms with Gasteiger partial charge in [-0.25, -0.2) is 4.79 Å². The molecule has 1 atom stereocenters. The fourth-order valence-electron chi connectivity index (χ4n) is 5.42. The summed E-state index contributed by atoms with van der Waals surface area (Å²) in [5, 5.41) is 3.14. The molecule has 2 fully saturated rings. The molecule has 7 nitrogen and oxygen atoms in total. The summed E-state index contributed by atoms with van der Waals surface area (Å²) in [6.07, 6.45) is 2.61. The number of likely N-dealkylation sites (N-methyl/N-ethyl adjacent to an activating group) is 1. The number of likely N-dealkylation sites (tertiary alicyclic amines) is 1.